The van der Waals surface area contributed by atoms with Crippen molar-refractivity contribution in [2.75, 3.05) is 28.2 Å². The number of unbranched alkanes of at least 4 members (excludes halogenated alkanes) is 1. The van der Waals surface area contributed by atoms with Crippen molar-refractivity contribution < 1.29 is 9.59 Å². The molecule has 1 aromatic carbocycles. The van der Waals surface area contributed by atoms with Crippen molar-refractivity contribution in [2.45, 2.75) is 31.0 Å². The van der Waals surface area contributed by atoms with Crippen LogP contribution in [0, 0.1) is 0 Å². The first-order valence-corrected chi connectivity index (χ1v) is 9.74. The Morgan fingerprint density at radius 2 is 1.80 bits per heavy atom. The Hall–Kier alpha value is -2.13. The molecule has 0 fully saturated rings. The van der Waals surface area contributed by atoms with Crippen molar-refractivity contribution >= 4 is 51.4 Å². The van der Waals surface area contributed by atoms with Crippen LogP contribution >= 0.6 is 23.1 Å². The van der Waals surface area contributed by atoms with Crippen LogP contribution in [0.25, 0.3) is 0 Å². The number of carbonyl (C=O) groups is 2. The number of thioether (sulfide) groups is 1. The number of hydrogen-bond donors (Lipinski definition) is 3. The maximum absolute atomic E-state index is 12.0. The number of nitrogens with one attached hydrogen (secondary N) is 3. The van der Waals surface area contributed by atoms with E-state index in [9.17, 15) is 9.59 Å². The minimum absolute atomic E-state index is 0.118. The summed E-state index contributed by atoms with van der Waals surface area (Å²) in [5, 5.41) is 17.6. The van der Waals surface area contributed by atoms with Crippen LogP contribution in [0.15, 0.2) is 28.6 Å². The van der Waals surface area contributed by atoms with E-state index in [1.165, 1.54) is 30.0 Å². The Kier molecular flexibility index (Phi) is 7.68. The lowest BCUT2D eigenvalue weighted by Crippen LogP contribution is -2.14. The number of benzene rings is 1. The summed E-state index contributed by atoms with van der Waals surface area (Å²) in [5.74, 6) is 0.0126. The van der Waals surface area contributed by atoms with E-state index in [1.54, 1.807) is 24.3 Å². The zero-order valence-electron chi connectivity index (χ0n) is 14.2. The first-order valence-electron chi connectivity index (χ1n) is 7.94. The minimum atomic E-state index is -0.131. The first kappa shape index (κ1) is 19.2. The Bertz CT molecular complexity index is 703. The number of carbonyl (C=O) groups excluding carboxylic acids is 2. The molecule has 3 N–H and O–H groups in total. The molecule has 0 saturated heterocycles. The number of rotatable bonds is 9. The van der Waals surface area contributed by atoms with E-state index in [0.717, 1.165) is 28.9 Å². The molecule has 25 heavy (non-hydrogen) atoms. The Labute approximate surface area is 155 Å². The summed E-state index contributed by atoms with van der Waals surface area (Å²) >= 11 is 2.80. The fraction of sp³-hybridized carbons (Fsp3) is 0.375. The maximum atomic E-state index is 12.0. The van der Waals surface area contributed by atoms with Gasteiger partial charge in [-0.05, 0) is 30.7 Å². The molecular weight excluding hydrogens is 358 g/mol. The van der Waals surface area contributed by atoms with Crippen LogP contribution in [0.4, 0.5) is 16.5 Å². The first-order chi connectivity index (χ1) is 12.1. The summed E-state index contributed by atoms with van der Waals surface area (Å²) in [7, 11) is 0. The van der Waals surface area contributed by atoms with Crippen LogP contribution in [-0.2, 0) is 9.59 Å². The summed E-state index contributed by atoms with van der Waals surface area (Å²) in [6.45, 7) is 4.46. The van der Waals surface area contributed by atoms with Crippen LogP contribution in [0.2, 0.25) is 0 Å². The average molecular weight is 380 g/mol. The molecule has 2 rings (SSSR count). The number of nitrogens with zero attached hydrogens (tertiary/aromatic N) is 2. The molecule has 0 aliphatic heterocycles. The van der Waals surface area contributed by atoms with Gasteiger partial charge in [0.15, 0.2) is 4.34 Å². The van der Waals surface area contributed by atoms with Crippen molar-refractivity contribution in [3.8, 4) is 0 Å². The molecule has 0 aliphatic carbocycles. The summed E-state index contributed by atoms with van der Waals surface area (Å²) in [4.78, 5) is 23.0. The summed E-state index contributed by atoms with van der Waals surface area (Å²) in [6.07, 6.45) is 2.21. The highest BCUT2D eigenvalue weighted by atomic mass is 32.2. The summed E-state index contributed by atoms with van der Waals surface area (Å²) in [6, 6.07) is 6.97. The zero-order chi connectivity index (χ0) is 18.1. The van der Waals surface area contributed by atoms with E-state index in [-0.39, 0.29) is 17.6 Å². The van der Waals surface area contributed by atoms with Gasteiger partial charge in [-0.1, -0.05) is 36.4 Å². The van der Waals surface area contributed by atoms with Crippen LogP contribution < -0.4 is 16.0 Å². The quantitative estimate of drug-likeness (QED) is 0.456. The highest BCUT2D eigenvalue weighted by Gasteiger charge is 2.08. The second-order valence-electron chi connectivity index (χ2n) is 5.25. The zero-order valence-corrected chi connectivity index (χ0v) is 15.8. The topological polar surface area (TPSA) is 96.0 Å². The normalized spacial score (nSPS) is 10.3. The minimum Gasteiger partial charge on any atom is -0.360 e. The molecule has 7 nitrogen and oxygen atoms in total. The van der Waals surface area contributed by atoms with Gasteiger partial charge in [-0.3, -0.25) is 9.59 Å². The Balaban J connectivity index is 1.75. The molecule has 1 aromatic heterocycles. The SMILES string of the molecule is CCCCNc1nnc(SCC(=O)Nc2ccc(NC(C)=O)cc2)s1. The van der Waals surface area contributed by atoms with E-state index in [1.807, 2.05) is 0 Å². The second kappa shape index (κ2) is 10.00. The van der Waals surface area contributed by atoms with Gasteiger partial charge >= 0.3 is 0 Å². The molecule has 134 valence electrons. The average Bonchev–Trinajstić information content (AvgIpc) is 3.02. The number of amides is 2. The highest BCUT2D eigenvalue weighted by Crippen LogP contribution is 2.25. The largest absolute Gasteiger partial charge is 0.360 e. The van der Waals surface area contributed by atoms with Gasteiger partial charge < -0.3 is 16.0 Å². The monoisotopic (exact) mass is 379 g/mol. The lowest BCUT2D eigenvalue weighted by atomic mass is 10.3. The van der Waals surface area contributed by atoms with E-state index < -0.39 is 0 Å². The maximum Gasteiger partial charge on any atom is 0.234 e. The smallest absolute Gasteiger partial charge is 0.234 e. The van der Waals surface area contributed by atoms with Crippen molar-refractivity contribution in [1.29, 1.82) is 0 Å². The molecular formula is C16H21N5O2S2. The van der Waals surface area contributed by atoms with Gasteiger partial charge in [-0.15, -0.1) is 10.2 Å². The predicted octanol–water partition coefficient (Wildman–Crippen LogP) is 3.44. The van der Waals surface area contributed by atoms with Crippen LogP contribution in [0.5, 0.6) is 0 Å². The Morgan fingerprint density at radius 3 is 2.44 bits per heavy atom. The van der Waals surface area contributed by atoms with Crippen molar-refractivity contribution in [3.05, 3.63) is 24.3 Å². The number of hydrogen-bond acceptors (Lipinski definition) is 7. The van der Waals surface area contributed by atoms with E-state index in [4.69, 9.17) is 0 Å². The van der Waals surface area contributed by atoms with E-state index in [0.29, 0.717) is 11.4 Å². The third-order valence-electron chi connectivity index (χ3n) is 3.03. The van der Waals surface area contributed by atoms with Crippen LogP contribution in [0.1, 0.15) is 26.7 Å². The molecule has 0 bridgehead atoms. The van der Waals surface area contributed by atoms with Gasteiger partial charge in [0.25, 0.3) is 0 Å². The molecule has 0 saturated carbocycles. The van der Waals surface area contributed by atoms with Gasteiger partial charge in [0, 0.05) is 24.8 Å². The Morgan fingerprint density at radius 1 is 1.12 bits per heavy atom. The van der Waals surface area contributed by atoms with Gasteiger partial charge in [0.05, 0.1) is 5.75 Å². The number of anilines is 3. The van der Waals surface area contributed by atoms with Gasteiger partial charge in [0.1, 0.15) is 0 Å². The lowest BCUT2D eigenvalue weighted by molar-refractivity contribution is -0.114. The summed E-state index contributed by atoms with van der Waals surface area (Å²) in [5.41, 5.74) is 1.37. The molecule has 9 heteroatoms. The fourth-order valence-corrected chi connectivity index (χ4v) is 3.45. The second-order valence-corrected chi connectivity index (χ2v) is 7.45. The third kappa shape index (κ3) is 7.10. The van der Waals surface area contributed by atoms with Crippen molar-refractivity contribution in [3.63, 3.8) is 0 Å². The highest BCUT2D eigenvalue weighted by molar-refractivity contribution is 8.01. The van der Waals surface area contributed by atoms with Crippen LogP contribution in [-0.4, -0.2) is 34.3 Å². The van der Waals surface area contributed by atoms with Gasteiger partial charge in [0.2, 0.25) is 16.9 Å². The molecule has 1 heterocycles. The van der Waals surface area contributed by atoms with Crippen molar-refractivity contribution in [1.82, 2.24) is 10.2 Å². The van der Waals surface area contributed by atoms with Crippen molar-refractivity contribution in [2.24, 2.45) is 0 Å². The molecule has 2 aromatic rings. The molecule has 0 unspecified atom stereocenters. The standard InChI is InChI=1S/C16H21N5O2S2/c1-3-4-9-17-15-20-21-16(25-15)24-10-14(23)19-13-7-5-12(6-8-13)18-11(2)22/h5-8H,3-4,9-10H2,1-2H3,(H,17,20)(H,18,22)(H,19,23). The summed E-state index contributed by atoms with van der Waals surface area (Å²) < 4.78 is 0.759. The van der Waals surface area contributed by atoms with Crippen LogP contribution in [0.3, 0.4) is 0 Å². The molecule has 0 spiro atoms. The van der Waals surface area contributed by atoms with Gasteiger partial charge in [-0.2, -0.15) is 0 Å². The third-order valence-corrected chi connectivity index (χ3v) is 5.04. The van der Waals surface area contributed by atoms with E-state index >= 15 is 0 Å². The molecule has 0 aliphatic rings. The lowest BCUT2D eigenvalue weighted by Gasteiger charge is -2.06. The number of aromatic nitrogens is 2. The molecule has 2 amide bonds. The van der Waals surface area contributed by atoms with E-state index in [2.05, 4.69) is 33.1 Å². The predicted molar refractivity (Wildman–Crippen MR) is 103 cm³/mol. The molecule has 0 atom stereocenters. The molecule has 0 radical (unpaired) electrons. The fourth-order valence-electron chi connectivity index (χ4n) is 1.88. The van der Waals surface area contributed by atoms with Gasteiger partial charge in [-0.25, -0.2) is 0 Å².